The second kappa shape index (κ2) is 6.29. The van der Waals surface area contributed by atoms with Crippen LogP contribution in [0.25, 0.3) is 0 Å². The van der Waals surface area contributed by atoms with Gasteiger partial charge in [0.25, 0.3) is 0 Å². The van der Waals surface area contributed by atoms with Gasteiger partial charge in [-0.1, -0.05) is 18.7 Å². The van der Waals surface area contributed by atoms with Crippen LogP contribution in [-0.4, -0.2) is 42.5 Å². The number of aromatic nitrogens is 6. The van der Waals surface area contributed by atoms with Crippen LogP contribution in [0.3, 0.4) is 0 Å². The number of thioether (sulfide) groups is 1. The maximum absolute atomic E-state index is 4.22. The third kappa shape index (κ3) is 3.39. The van der Waals surface area contributed by atoms with Gasteiger partial charge in [-0.2, -0.15) is 0 Å². The van der Waals surface area contributed by atoms with E-state index < -0.39 is 0 Å². The fourth-order valence-electron chi connectivity index (χ4n) is 1.28. The zero-order valence-electron chi connectivity index (χ0n) is 10.4. The summed E-state index contributed by atoms with van der Waals surface area (Å²) in [6, 6.07) is 0. The van der Waals surface area contributed by atoms with Gasteiger partial charge in [-0.05, 0) is 22.4 Å². The highest BCUT2D eigenvalue weighted by Gasteiger charge is 2.02. The summed E-state index contributed by atoms with van der Waals surface area (Å²) in [7, 11) is 1.82. The number of rotatable bonds is 6. The summed E-state index contributed by atoms with van der Waals surface area (Å²) in [5, 5.41) is 15.2. The first-order chi connectivity index (χ1) is 8.79. The summed E-state index contributed by atoms with van der Waals surface area (Å²) < 4.78 is 1.65. The van der Waals surface area contributed by atoms with E-state index in [9.17, 15) is 0 Å². The summed E-state index contributed by atoms with van der Waals surface area (Å²) in [4.78, 5) is 8.45. The Morgan fingerprint density at radius 1 is 1.33 bits per heavy atom. The quantitative estimate of drug-likeness (QED) is 0.610. The van der Waals surface area contributed by atoms with Crippen molar-refractivity contribution in [3.05, 3.63) is 18.0 Å². The Bertz CT molecular complexity index is 481. The van der Waals surface area contributed by atoms with E-state index in [0.717, 1.165) is 29.4 Å². The Hall–Kier alpha value is -1.70. The second-order valence-corrected chi connectivity index (χ2v) is 4.69. The van der Waals surface area contributed by atoms with Crippen LogP contribution in [0, 0.1) is 0 Å². The van der Waals surface area contributed by atoms with E-state index in [1.54, 1.807) is 16.4 Å². The molecule has 96 valence electrons. The maximum Gasteiger partial charge on any atom is 0.222 e. The minimum Gasteiger partial charge on any atom is -0.353 e. The van der Waals surface area contributed by atoms with Gasteiger partial charge in [0.2, 0.25) is 11.1 Å². The van der Waals surface area contributed by atoms with E-state index >= 15 is 0 Å². The van der Waals surface area contributed by atoms with Crippen LogP contribution >= 0.6 is 11.8 Å². The number of aryl methyl sites for hydroxylation is 2. The van der Waals surface area contributed by atoms with Crippen LogP contribution in [0.2, 0.25) is 0 Å². The number of hydrogen-bond donors (Lipinski definition) is 1. The first-order valence-electron chi connectivity index (χ1n) is 5.69. The van der Waals surface area contributed by atoms with Crippen LogP contribution in [0.4, 0.5) is 5.95 Å². The average Bonchev–Trinajstić information content (AvgIpc) is 2.81. The highest BCUT2D eigenvalue weighted by atomic mass is 32.2. The molecular formula is C10H15N7S. The molecule has 0 saturated carbocycles. The van der Waals surface area contributed by atoms with Crippen LogP contribution in [0.5, 0.6) is 0 Å². The Balaban J connectivity index is 1.73. The molecule has 0 spiro atoms. The first kappa shape index (κ1) is 12.7. The van der Waals surface area contributed by atoms with Gasteiger partial charge in [0.15, 0.2) is 0 Å². The van der Waals surface area contributed by atoms with Gasteiger partial charge in [-0.15, -0.1) is 5.10 Å². The minimum absolute atomic E-state index is 0.656. The SMILES string of the molecule is CCc1cnc(NCCSc2nnnn2C)nc1. The Labute approximate surface area is 109 Å². The third-order valence-electron chi connectivity index (χ3n) is 2.31. The summed E-state index contributed by atoms with van der Waals surface area (Å²) in [6.07, 6.45) is 4.64. The molecule has 0 amide bonds. The van der Waals surface area contributed by atoms with Crippen LogP contribution in [-0.2, 0) is 13.5 Å². The lowest BCUT2D eigenvalue weighted by Gasteiger charge is -2.04. The van der Waals surface area contributed by atoms with Gasteiger partial charge in [-0.25, -0.2) is 14.6 Å². The van der Waals surface area contributed by atoms with Crippen LogP contribution < -0.4 is 5.32 Å². The van der Waals surface area contributed by atoms with Crippen molar-refractivity contribution in [2.45, 2.75) is 18.5 Å². The van der Waals surface area contributed by atoms with Gasteiger partial charge in [-0.3, -0.25) is 0 Å². The average molecular weight is 265 g/mol. The van der Waals surface area contributed by atoms with E-state index in [-0.39, 0.29) is 0 Å². The normalized spacial score (nSPS) is 10.6. The molecule has 8 heteroatoms. The van der Waals surface area contributed by atoms with Gasteiger partial charge >= 0.3 is 0 Å². The summed E-state index contributed by atoms with van der Waals surface area (Å²) >= 11 is 1.59. The van der Waals surface area contributed by atoms with Gasteiger partial charge < -0.3 is 5.32 Å². The molecule has 18 heavy (non-hydrogen) atoms. The zero-order valence-corrected chi connectivity index (χ0v) is 11.2. The van der Waals surface area contributed by atoms with Crippen molar-refractivity contribution < 1.29 is 0 Å². The molecular weight excluding hydrogens is 250 g/mol. The Morgan fingerprint density at radius 3 is 2.72 bits per heavy atom. The molecule has 0 fully saturated rings. The number of nitrogens with zero attached hydrogens (tertiary/aromatic N) is 6. The van der Waals surface area contributed by atoms with Crippen molar-refractivity contribution in [3.8, 4) is 0 Å². The summed E-state index contributed by atoms with van der Waals surface area (Å²) in [5.41, 5.74) is 1.14. The lowest BCUT2D eigenvalue weighted by Crippen LogP contribution is -2.08. The largest absolute Gasteiger partial charge is 0.353 e. The summed E-state index contributed by atoms with van der Waals surface area (Å²) in [5.74, 6) is 1.51. The van der Waals surface area contributed by atoms with E-state index in [4.69, 9.17) is 0 Å². The number of nitrogens with one attached hydrogen (secondary N) is 1. The molecule has 0 aliphatic heterocycles. The molecule has 1 N–H and O–H groups in total. The zero-order chi connectivity index (χ0) is 12.8. The molecule has 0 radical (unpaired) electrons. The lowest BCUT2D eigenvalue weighted by atomic mass is 10.3. The maximum atomic E-state index is 4.22. The Kier molecular flexibility index (Phi) is 4.46. The topological polar surface area (TPSA) is 81.4 Å². The molecule has 0 saturated heterocycles. The van der Waals surface area contributed by atoms with Crippen LogP contribution in [0.1, 0.15) is 12.5 Å². The number of anilines is 1. The predicted octanol–water partition coefficient (Wildman–Crippen LogP) is 0.767. The molecule has 0 aliphatic carbocycles. The lowest BCUT2D eigenvalue weighted by molar-refractivity contribution is 0.664. The van der Waals surface area contributed by atoms with E-state index in [1.807, 2.05) is 19.4 Å². The van der Waals surface area contributed by atoms with E-state index in [2.05, 4.69) is 37.7 Å². The number of tetrazole rings is 1. The molecule has 2 heterocycles. The first-order valence-corrected chi connectivity index (χ1v) is 6.68. The smallest absolute Gasteiger partial charge is 0.222 e. The highest BCUT2D eigenvalue weighted by Crippen LogP contribution is 2.11. The standard InChI is InChI=1S/C10H15N7S/c1-3-8-6-12-9(13-7-8)11-4-5-18-10-14-15-16-17(10)2/h6-7H,3-5H2,1-2H3,(H,11,12,13). The number of hydrogen-bond acceptors (Lipinski definition) is 7. The Morgan fingerprint density at radius 2 is 2.11 bits per heavy atom. The molecule has 0 aromatic carbocycles. The van der Waals surface area contributed by atoms with Crippen molar-refractivity contribution in [2.24, 2.45) is 7.05 Å². The fourth-order valence-corrected chi connectivity index (χ4v) is 1.98. The fraction of sp³-hybridized carbons (Fsp3) is 0.500. The van der Waals surface area contributed by atoms with Crippen molar-refractivity contribution >= 4 is 17.7 Å². The highest BCUT2D eigenvalue weighted by molar-refractivity contribution is 7.99. The van der Waals surface area contributed by atoms with Crippen molar-refractivity contribution in [3.63, 3.8) is 0 Å². The molecule has 2 aromatic heterocycles. The molecule has 0 bridgehead atoms. The predicted molar refractivity (Wildman–Crippen MR) is 69.4 cm³/mol. The monoisotopic (exact) mass is 265 g/mol. The third-order valence-corrected chi connectivity index (χ3v) is 3.32. The molecule has 0 unspecified atom stereocenters. The van der Waals surface area contributed by atoms with Gasteiger partial charge in [0.05, 0.1) is 0 Å². The molecule has 2 rings (SSSR count). The van der Waals surface area contributed by atoms with E-state index in [1.165, 1.54) is 0 Å². The van der Waals surface area contributed by atoms with Crippen molar-refractivity contribution in [2.75, 3.05) is 17.6 Å². The van der Waals surface area contributed by atoms with Gasteiger partial charge in [0.1, 0.15) is 0 Å². The van der Waals surface area contributed by atoms with E-state index in [0.29, 0.717) is 5.95 Å². The molecule has 2 aromatic rings. The summed E-state index contributed by atoms with van der Waals surface area (Å²) in [6.45, 7) is 2.85. The molecule has 0 atom stereocenters. The molecule has 0 aliphatic rings. The van der Waals surface area contributed by atoms with Crippen molar-refractivity contribution in [1.29, 1.82) is 0 Å². The van der Waals surface area contributed by atoms with Crippen LogP contribution in [0.15, 0.2) is 17.6 Å². The second-order valence-electron chi connectivity index (χ2n) is 3.63. The minimum atomic E-state index is 0.656. The van der Waals surface area contributed by atoms with Gasteiger partial charge in [0, 0.05) is 31.7 Å². The van der Waals surface area contributed by atoms with Crippen molar-refractivity contribution in [1.82, 2.24) is 30.2 Å². The molecule has 7 nitrogen and oxygen atoms in total.